The molecule has 1 heterocycles. The van der Waals surface area contributed by atoms with Crippen molar-refractivity contribution in [3.05, 3.63) is 30.4 Å². The SMILES string of the molecule is C=C(C)CSc1nc2cc(S(N)(=O)=O)ccc2n1CCC. The number of thioether (sulfide) groups is 1. The Morgan fingerprint density at radius 1 is 1.48 bits per heavy atom. The molecule has 7 heteroatoms. The van der Waals surface area contributed by atoms with Crippen LogP contribution in [0.4, 0.5) is 0 Å². The second-order valence-electron chi connectivity index (χ2n) is 4.99. The average Bonchev–Trinajstić information content (AvgIpc) is 2.73. The van der Waals surface area contributed by atoms with Crippen molar-refractivity contribution in [2.45, 2.75) is 36.9 Å². The van der Waals surface area contributed by atoms with Crippen LogP contribution in [0.3, 0.4) is 0 Å². The predicted octanol–water partition coefficient (Wildman–Crippen LogP) is 2.76. The van der Waals surface area contributed by atoms with Crippen LogP contribution in [0, 0.1) is 0 Å². The molecule has 0 bridgehead atoms. The highest BCUT2D eigenvalue weighted by Gasteiger charge is 2.14. The Hall–Kier alpha value is -1.31. The first-order chi connectivity index (χ1) is 9.82. The molecule has 0 aliphatic rings. The first-order valence-electron chi connectivity index (χ1n) is 6.63. The first kappa shape index (κ1) is 16.1. The summed E-state index contributed by atoms with van der Waals surface area (Å²) in [4.78, 5) is 4.63. The van der Waals surface area contributed by atoms with Crippen LogP contribution in [0.2, 0.25) is 0 Å². The largest absolute Gasteiger partial charge is 0.319 e. The van der Waals surface area contributed by atoms with Crippen molar-refractivity contribution in [2.24, 2.45) is 5.14 Å². The third-order valence-corrected chi connectivity index (χ3v) is 5.03. The maximum atomic E-state index is 11.4. The highest BCUT2D eigenvalue weighted by atomic mass is 32.2. The molecule has 0 fully saturated rings. The van der Waals surface area contributed by atoms with Gasteiger partial charge in [-0.15, -0.1) is 0 Å². The molecule has 5 nitrogen and oxygen atoms in total. The lowest BCUT2D eigenvalue weighted by atomic mass is 10.3. The zero-order valence-electron chi connectivity index (χ0n) is 12.2. The molecule has 0 saturated heterocycles. The van der Waals surface area contributed by atoms with Crippen LogP contribution in [-0.2, 0) is 16.6 Å². The quantitative estimate of drug-likeness (QED) is 0.654. The first-order valence-corrected chi connectivity index (χ1v) is 9.16. The van der Waals surface area contributed by atoms with Gasteiger partial charge in [0, 0.05) is 12.3 Å². The molecule has 0 radical (unpaired) electrons. The van der Waals surface area contributed by atoms with Crippen LogP contribution in [0.15, 0.2) is 40.4 Å². The number of sulfonamides is 1. The summed E-state index contributed by atoms with van der Waals surface area (Å²) in [5, 5.41) is 6.05. The van der Waals surface area contributed by atoms with E-state index in [4.69, 9.17) is 5.14 Å². The van der Waals surface area contributed by atoms with Crippen LogP contribution in [0.5, 0.6) is 0 Å². The van der Waals surface area contributed by atoms with E-state index in [2.05, 4.69) is 23.1 Å². The van der Waals surface area contributed by atoms with E-state index in [9.17, 15) is 8.42 Å². The second-order valence-corrected chi connectivity index (χ2v) is 7.49. The predicted molar refractivity (Wildman–Crippen MR) is 86.9 cm³/mol. The number of benzene rings is 1. The van der Waals surface area contributed by atoms with Crippen molar-refractivity contribution in [3.63, 3.8) is 0 Å². The van der Waals surface area contributed by atoms with E-state index >= 15 is 0 Å². The Bertz CT molecular complexity index is 779. The van der Waals surface area contributed by atoms with Gasteiger partial charge in [0.05, 0.1) is 15.9 Å². The van der Waals surface area contributed by atoms with Gasteiger partial charge in [0.1, 0.15) is 0 Å². The third kappa shape index (κ3) is 3.66. The topological polar surface area (TPSA) is 78.0 Å². The zero-order chi connectivity index (χ0) is 15.6. The Labute approximate surface area is 129 Å². The summed E-state index contributed by atoms with van der Waals surface area (Å²) >= 11 is 1.61. The van der Waals surface area contributed by atoms with Crippen molar-refractivity contribution < 1.29 is 8.42 Å². The summed E-state index contributed by atoms with van der Waals surface area (Å²) in [5.74, 6) is 0.787. The van der Waals surface area contributed by atoms with Gasteiger partial charge in [0.15, 0.2) is 5.16 Å². The molecule has 0 aliphatic heterocycles. The van der Waals surface area contributed by atoms with Gasteiger partial charge >= 0.3 is 0 Å². The fourth-order valence-corrected chi connectivity index (χ4v) is 3.42. The van der Waals surface area contributed by atoms with Gasteiger partial charge in [-0.2, -0.15) is 0 Å². The molecule has 2 aromatic rings. The molecule has 21 heavy (non-hydrogen) atoms. The van der Waals surface area contributed by atoms with Crippen LogP contribution >= 0.6 is 11.8 Å². The maximum Gasteiger partial charge on any atom is 0.238 e. The van der Waals surface area contributed by atoms with E-state index in [1.807, 2.05) is 6.92 Å². The van der Waals surface area contributed by atoms with Crippen LogP contribution in [0.1, 0.15) is 20.3 Å². The Balaban J connectivity index is 2.53. The highest BCUT2D eigenvalue weighted by molar-refractivity contribution is 7.99. The average molecular weight is 325 g/mol. The van der Waals surface area contributed by atoms with E-state index in [0.29, 0.717) is 5.52 Å². The van der Waals surface area contributed by atoms with E-state index in [1.165, 1.54) is 12.1 Å². The van der Waals surface area contributed by atoms with E-state index in [0.717, 1.165) is 35.0 Å². The number of primary sulfonamides is 1. The van der Waals surface area contributed by atoms with Gasteiger partial charge in [0.25, 0.3) is 0 Å². The van der Waals surface area contributed by atoms with Crippen molar-refractivity contribution in [1.82, 2.24) is 9.55 Å². The highest BCUT2D eigenvalue weighted by Crippen LogP contribution is 2.27. The fourth-order valence-electron chi connectivity index (χ4n) is 2.00. The number of imidazole rings is 1. The minimum absolute atomic E-state index is 0.0904. The summed E-state index contributed by atoms with van der Waals surface area (Å²) in [7, 11) is -3.71. The van der Waals surface area contributed by atoms with E-state index in [1.54, 1.807) is 17.8 Å². The summed E-state index contributed by atoms with van der Waals surface area (Å²) in [6.07, 6.45) is 0.975. The van der Waals surface area contributed by atoms with Crippen LogP contribution < -0.4 is 5.14 Å². The molecule has 0 unspecified atom stereocenters. The summed E-state index contributed by atoms with van der Waals surface area (Å²) < 4.78 is 25.0. The number of hydrogen-bond acceptors (Lipinski definition) is 4. The lowest BCUT2D eigenvalue weighted by Gasteiger charge is -2.07. The summed E-state index contributed by atoms with van der Waals surface area (Å²) in [5.41, 5.74) is 2.65. The molecule has 0 aliphatic carbocycles. The molecule has 1 aromatic carbocycles. The van der Waals surface area contributed by atoms with Gasteiger partial charge in [-0.3, -0.25) is 0 Å². The molecular formula is C14H19N3O2S2. The van der Waals surface area contributed by atoms with E-state index in [-0.39, 0.29) is 4.90 Å². The van der Waals surface area contributed by atoms with Crippen LogP contribution in [0.25, 0.3) is 11.0 Å². The van der Waals surface area contributed by atoms with Crippen molar-refractivity contribution >= 4 is 32.8 Å². The minimum Gasteiger partial charge on any atom is -0.319 e. The van der Waals surface area contributed by atoms with Gasteiger partial charge in [-0.1, -0.05) is 30.8 Å². The normalized spacial score (nSPS) is 12.0. The van der Waals surface area contributed by atoms with Crippen molar-refractivity contribution in [2.75, 3.05) is 5.75 Å². The molecule has 2 rings (SSSR count). The third-order valence-electron chi connectivity index (χ3n) is 2.91. The molecule has 0 amide bonds. The summed E-state index contributed by atoms with van der Waals surface area (Å²) in [6, 6.07) is 4.82. The monoisotopic (exact) mass is 325 g/mol. The lowest BCUT2D eigenvalue weighted by Crippen LogP contribution is -2.11. The smallest absolute Gasteiger partial charge is 0.238 e. The van der Waals surface area contributed by atoms with Gasteiger partial charge in [-0.25, -0.2) is 18.5 Å². The van der Waals surface area contributed by atoms with Crippen molar-refractivity contribution in [1.29, 1.82) is 0 Å². The van der Waals surface area contributed by atoms with Crippen molar-refractivity contribution in [3.8, 4) is 0 Å². The van der Waals surface area contributed by atoms with E-state index < -0.39 is 10.0 Å². The van der Waals surface area contributed by atoms with Gasteiger partial charge < -0.3 is 4.57 Å². The number of aromatic nitrogens is 2. The number of nitrogens with two attached hydrogens (primary N) is 1. The lowest BCUT2D eigenvalue weighted by molar-refractivity contribution is 0.598. The number of hydrogen-bond donors (Lipinski definition) is 1. The molecule has 0 spiro atoms. The number of nitrogens with zero attached hydrogens (tertiary/aromatic N) is 2. The molecule has 0 saturated carbocycles. The Kier molecular flexibility index (Phi) is 4.75. The molecule has 0 atom stereocenters. The van der Waals surface area contributed by atoms with Crippen LogP contribution in [-0.4, -0.2) is 23.7 Å². The number of rotatable bonds is 6. The molecule has 114 valence electrons. The Morgan fingerprint density at radius 2 is 2.19 bits per heavy atom. The number of aryl methyl sites for hydroxylation is 1. The van der Waals surface area contributed by atoms with Gasteiger partial charge in [0.2, 0.25) is 10.0 Å². The maximum absolute atomic E-state index is 11.4. The fraction of sp³-hybridized carbons (Fsp3) is 0.357. The standard InChI is InChI=1S/C14H19N3O2S2/c1-4-7-17-13-6-5-11(21(15,18)19)8-12(13)16-14(17)20-9-10(2)3/h5-6,8H,2,4,7,9H2,1,3H3,(H2,15,18,19). The minimum atomic E-state index is -3.71. The summed E-state index contributed by atoms with van der Waals surface area (Å²) in [6.45, 7) is 8.80. The number of fused-ring (bicyclic) bond motifs is 1. The second kappa shape index (κ2) is 6.21. The molecule has 2 N–H and O–H groups in total. The molecular weight excluding hydrogens is 306 g/mol. The van der Waals surface area contributed by atoms with Gasteiger partial charge in [-0.05, 0) is 31.5 Å². The molecule has 1 aromatic heterocycles. The zero-order valence-corrected chi connectivity index (χ0v) is 13.8. The Morgan fingerprint density at radius 3 is 2.76 bits per heavy atom.